The van der Waals surface area contributed by atoms with Crippen LogP contribution in [-0.4, -0.2) is 52.1 Å². The van der Waals surface area contributed by atoms with Crippen LogP contribution in [0.15, 0.2) is 59.5 Å². The Balaban J connectivity index is 0.000000413. The van der Waals surface area contributed by atoms with Gasteiger partial charge in [0.25, 0.3) is 0 Å². The van der Waals surface area contributed by atoms with Crippen molar-refractivity contribution < 1.29 is 8.42 Å². The maximum Gasteiger partial charge on any atom is 0.182 e. The lowest BCUT2D eigenvalue weighted by Gasteiger charge is -2.06. The zero-order valence-corrected chi connectivity index (χ0v) is 14.6. The molecule has 0 saturated carbocycles. The summed E-state index contributed by atoms with van der Waals surface area (Å²) in [6, 6.07) is 16.3. The molecule has 0 heterocycles. The van der Waals surface area contributed by atoms with E-state index in [0.717, 1.165) is 17.5 Å². The van der Waals surface area contributed by atoms with Crippen molar-refractivity contribution in [3.63, 3.8) is 0 Å². The van der Waals surface area contributed by atoms with Crippen LogP contribution in [0.1, 0.15) is 18.1 Å². The van der Waals surface area contributed by atoms with E-state index >= 15 is 0 Å². The Kier molecular flexibility index (Phi) is 8.61. The quantitative estimate of drug-likeness (QED) is 0.767. The van der Waals surface area contributed by atoms with Gasteiger partial charge in [-0.15, -0.1) is 0 Å². The first-order valence-electron chi connectivity index (χ1n) is 7.64. The minimum atomic E-state index is -3.24. The molecule has 0 spiro atoms. The fourth-order valence-electron chi connectivity index (χ4n) is 1.87. The maximum atomic E-state index is 12.2. The van der Waals surface area contributed by atoms with E-state index < -0.39 is 22.6 Å². The highest BCUT2D eigenvalue weighted by atomic mass is 32.2. The molecule has 0 saturated heterocycles. The summed E-state index contributed by atoms with van der Waals surface area (Å²) >= 11 is 0. The smallest absolute Gasteiger partial charge is 0.182 e. The van der Waals surface area contributed by atoms with Crippen molar-refractivity contribution in [3.8, 4) is 0 Å². The molecule has 0 aliphatic rings. The van der Waals surface area contributed by atoms with Gasteiger partial charge in [0, 0.05) is 43.7 Å². The molecule has 112 valence electrons. The van der Waals surface area contributed by atoms with E-state index in [1.165, 1.54) is 0 Å². The largest absolute Gasteiger partial charge is 0.223 e. The monoisotopic (exact) mass is 326 g/mol. The first-order chi connectivity index (χ1) is 11.3. The summed E-state index contributed by atoms with van der Waals surface area (Å²) in [6.07, 6.45) is -0.269. The fourth-order valence-corrected chi connectivity index (χ4v) is 3.23. The van der Waals surface area contributed by atoms with Crippen LogP contribution < -0.4 is 0 Å². The summed E-state index contributed by atoms with van der Waals surface area (Å²) in [6.45, 7) is 2.06. The van der Waals surface area contributed by atoms with Crippen molar-refractivity contribution in [2.45, 2.75) is 24.0 Å². The van der Waals surface area contributed by atoms with E-state index in [9.17, 15) is 8.42 Å². The second-order valence-corrected chi connectivity index (χ2v) is 7.39. The van der Waals surface area contributed by atoms with Gasteiger partial charge in [-0.25, -0.2) is 8.42 Å². The molecule has 2 nitrogen and oxygen atoms in total. The van der Waals surface area contributed by atoms with E-state index in [2.05, 4.69) is 6.92 Å². The lowest BCUT2D eigenvalue weighted by atomic mass is 8.81. The molecule has 8 radical (unpaired) electrons. The Hall–Kier alpha value is -1.22. The molecule has 0 aromatic heterocycles. The van der Waals surface area contributed by atoms with E-state index in [0.29, 0.717) is 4.90 Å². The Labute approximate surface area is 151 Å². The Morgan fingerprint density at radius 1 is 0.833 bits per heavy atom. The van der Waals surface area contributed by atoms with Crippen LogP contribution in [0.2, 0.25) is 0 Å². The number of sulfone groups is 1. The van der Waals surface area contributed by atoms with Gasteiger partial charge >= 0.3 is 0 Å². The molecule has 0 aliphatic heterocycles. The average Bonchev–Trinajstić information content (AvgIpc) is 2.56. The van der Waals surface area contributed by atoms with Crippen LogP contribution in [0.25, 0.3) is 0 Å². The summed E-state index contributed by atoms with van der Waals surface area (Å²) in [5.41, 5.74) is 2.01. The van der Waals surface area contributed by atoms with Crippen LogP contribution in [-0.2, 0) is 22.0 Å². The molecule has 24 heavy (non-hydrogen) atoms. The molecular weight excluding hydrogens is 309 g/mol. The molecule has 2 aromatic rings. The normalized spacial score (nSPS) is 10.4. The number of aryl methyl sites for hydroxylation is 1. The van der Waals surface area contributed by atoms with Crippen LogP contribution in [0.4, 0.5) is 0 Å². The van der Waals surface area contributed by atoms with Gasteiger partial charge in [0.1, 0.15) is 0 Å². The highest BCUT2D eigenvalue weighted by Gasteiger charge is 2.14. The predicted molar refractivity (Wildman–Crippen MR) is 108 cm³/mol. The van der Waals surface area contributed by atoms with Crippen LogP contribution in [0.3, 0.4) is 0 Å². The Morgan fingerprint density at radius 2 is 1.38 bits per heavy atom. The maximum absolute atomic E-state index is 12.2. The van der Waals surface area contributed by atoms with Crippen molar-refractivity contribution in [3.05, 3.63) is 65.7 Å². The second-order valence-electron chi connectivity index (χ2n) is 5.40. The van der Waals surface area contributed by atoms with Gasteiger partial charge in [-0.05, 0) is 29.7 Å². The SMILES string of the molecule is CCc1cccc(CS(=O)(=O)c2ccccc2)c1.[B]B([B])B([B])[B]. The van der Waals surface area contributed by atoms with E-state index in [1.54, 1.807) is 24.3 Å². The minimum absolute atomic E-state index is 0.0604. The van der Waals surface area contributed by atoms with Gasteiger partial charge < -0.3 is 0 Å². The van der Waals surface area contributed by atoms with Gasteiger partial charge in [-0.2, -0.15) is 0 Å². The lowest BCUT2D eigenvalue weighted by Crippen LogP contribution is -2.38. The van der Waals surface area contributed by atoms with Crippen molar-refractivity contribution in [2.24, 2.45) is 0 Å². The molecular formula is C15H16B6O2S. The van der Waals surface area contributed by atoms with E-state index in [4.69, 9.17) is 30.9 Å². The molecule has 2 aromatic carbocycles. The van der Waals surface area contributed by atoms with Crippen molar-refractivity contribution in [2.75, 3.05) is 0 Å². The second kappa shape index (κ2) is 9.93. The number of hydrogen-bond acceptors (Lipinski definition) is 2. The van der Waals surface area contributed by atoms with Gasteiger partial charge in [-0.1, -0.05) is 49.4 Å². The van der Waals surface area contributed by atoms with Crippen molar-refractivity contribution in [1.82, 2.24) is 0 Å². The molecule has 0 amide bonds. The predicted octanol–water partition coefficient (Wildman–Crippen LogP) is 0.938. The molecule has 0 fully saturated rings. The third-order valence-corrected chi connectivity index (χ3v) is 5.01. The molecule has 0 N–H and O–H groups in total. The fraction of sp³-hybridized carbons (Fsp3) is 0.200. The van der Waals surface area contributed by atoms with E-state index in [-0.39, 0.29) is 5.75 Å². The summed E-state index contributed by atoms with van der Waals surface area (Å²) in [5, 5.41) is 0. The van der Waals surface area contributed by atoms with Crippen LogP contribution in [0.5, 0.6) is 0 Å². The molecule has 0 bridgehead atoms. The number of hydrogen-bond donors (Lipinski definition) is 0. The van der Waals surface area contributed by atoms with E-state index in [1.807, 2.05) is 30.3 Å². The third-order valence-electron chi connectivity index (χ3n) is 3.30. The topological polar surface area (TPSA) is 34.1 Å². The Morgan fingerprint density at radius 3 is 1.88 bits per heavy atom. The first-order valence-corrected chi connectivity index (χ1v) is 9.29. The molecule has 0 unspecified atom stereocenters. The molecule has 0 aliphatic carbocycles. The zero-order valence-electron chi connectivity index (χ0n) is 13.8. The van der Waals surface area contributed by atoms with Gasteiger partial charge in [-0.3, -0.25) is 0 Å². The summed E-state index contributed by atoms with van der Waals surface area (Å²) in [5.74, 6) is 0.0604. The van der Waals surface area contributed by atoms with Crippen LogP contribution >= 0.6 is 0 Å². The number of benzene rings is 2. The molecule has 9 heteroatoms. The van der Waals surface area contributed by atoms with Crippen LogP contribution in [0, 0.1) is 0 Å². The van der Waals surface area contributed by atoms with Gasteiger partial charge in [0.05, 0.1) is 10.6 Å². The highest BCUT2D eigenvalue weighted by molar-refractivity contribution is 7.90. The highest BCUT2D eigenvalue weighted by Crippen LogP contribution is 2.17. The summed E-state index contributed by atoms with van der Waals surface area (Å²) < 4.78 is 24.4. The van der Waals surface area contributed by atoms with Gasteiger partial charge in [0.15, 0.2) is 9.84 Å². The Bertz CT molecular complexity index is 714. The summed E-state index contributed by atoms with van der Waals surface area (Å²) in [7, 11) is 16.6. The average molecular weight is 325 g/mol. The zero-order chi connectivity index (χ0) is 18.2. The number of rotatable bonds is 5. The molecule has 0 atom stereocenters. The lowest BCUT2D eigenvalue weighted by molar-refractivity contribution is 0.595. The third kappa shape index (κ3) is 7.12. The van der Waals surface area contributed by atoms with Gasteiger partial charge in [0.2, 0.25) is 0 Å². The first kappa shape index (κ1) is 20.8. The molecule has 2 rings (SSSR count). The van der Waals surface area contributed by atoms with Crippen molar-refractivity contribution >= 4 is 53.6 Å². The standard InChI is InChI=1S/C15H16O2S.B6/c1-2-13-7-6-8-14(11-13)12-18(16,17)15-9-4-3-5-10-15;1-5(2)6(3)4/h3-11H,2,12H2,1H3;. The summed E-state index contributed by atoms with van der Waals surface area (Å²) in [4.78, 5) is 0.381. The minimum Gasteiger partial charge on any atom is -0.223 e. The van der Waals surface area contributed by atoms with Crippen molar-refractivity contribution in [1.29, 1.82) is 0 Å².